The molecule has 1 N–H and O–H groups in total. The number of methoxy groups -OCH3 is 2. The molecular formula is C16H19N3O5S2. The fourth-order valence-corrected chi connectivity index (χ4v) is 5.44. The van der Waals surface area contributed by atoms with Crippen molar-refractivity contribution >= 4 is 32.4 Å². The molecule has 0 saturated carbocycles. The third-order valence-corrected chi connectivity index (χ3v) is 6.83. The second-order valence-electron chi connectivity index (χ2n) is 5.68. The van der Waals surface area contributed by atoms with Crippen molar-refractivity contribution in [3.05, 3.63) is 28.8 Å². The Labute approximate surface area is 155 Å². The van der Waals surface area contributed by atoms with E-state index < -0.39 is 10.0 Å². The molecule has 1 aliphatic rings. The Bertz CT molecular complexity index is 939. The topological polar surface area (TPSA) is 97.8 Å². The second-order valence-corrected chi connectivity index (χ2v) is 8.67. The van der Waals surface area contributed by atoms with Crippen molar-refractivity contribution in [1.82, 2.24) is 9.29 Å². The highest BCUT2D eigenvalue weighted by Crippen LogP contribution is 2.35. The molecule has 1 aromatic heterocycles. The maximum Gasteiger partial charge on any atom is 0.247 e. The van der Waals surface area contributed by atoms with E-state index in [1.807, 2.05) is 0 Å². The number of rotatable bonds is 5. The second kappa shape index (κ2) is 7.22. The summed E-state index contributed by atoms with van der Waals surface area (Å²) in [6, 6.07) is 4.68. The fourth-order valence-electron chi connectivity index (χ4n) is 2.71. The van der Waals surface area contributed by atoms with Crippen LogP contribution in [-0.2, 0) is 27.8 Å². The van der Waals surface area contributed by atoms with Gasteiger partial charge >= 0.3 is 0 Å². The van der Waals surface area contributed by atoms with E-state index in [4.69, 9.17) is 9.47 Å². The smallest absolute Gasteiger partial charge is 0.247 e. The summed E-state index contributed by atoms with van der Waals surface area (Å²) in [6.07, 6.45) is 0.483. The molecule has 2 heterocycles. The average Bonchev–Trinajstić information content (AvgIpc) is 3.01. The molecular weight excluding hydrogens is 378 g/mol. The van der Waals surface area contributed by atoms with Crippen molar-refractivity contribution in [2.45, 2.75) is 24.8 Å². The number of amides is 1. The number of hydrogen-bond donors (Lipinski definition) is 1. The molecule has 1 aliphatic heterocycles. The molecule has 0 aliphatic carbocycles. The zero-order valence-corrected chi connectivity index (χ0v) is 16.2. The molecule has 0 saturated heterocycles. The Kier molecular flexibility index (Phi) is 5.17. The van der Waals surface area contributed by atoms with E-state index in [-0.39, 0.29) is 23.1 Å². The van der Waals surface area contributed by atoms with Gasteiger partial charge in [-0.2, -0.15) is 4.31 Å². The van der Waals surface area contributed by atoms with Crippen molar-refractivity contribution in [2.75, 3.05) is 26.1 Å². The number of hydrogen-bond acceptors (Lipinski definition) is 7. The molecule has 10 heteroatoms. The number of carbonyl (C=O) groups excluding carboxylic acids is 1. The van der Waals surface area contributed by atoms with Gasteiger partial charge in [0.2, 0.25) is 15.9 Å². The number of sulfonamides is 1. The number of nitrogens with zero attached hydrogens (tertiary/aromatic N) is 2. The van der Waals surface area contributed by atoms with Crippen LogP contribution < -0.4 is 14.8 Å². The zero-order valence-electron chi connectivity index (χ0n) is 14.6. The number of carbonyl (C=O) groups is 1. The average molecular weight is 397 g/mol. The van der Waals surface area contributed by atoms with Crippen LogP contribution >= 0.6 is 11.3 Å². The number of anilines is 1. The summed E-state index contributed by atoms with van der Waals surface area (Å²) < 4.78 is 38.0. The zero-order chi connectivity index (χ0) is 18.9. The van der Waals surface area contributed by atoms with Crippen LogP contribution in [0.1, 0.15) is 17.5 Å². The van der Waals surface area contributed by atoms with Gasteiger partial charge in [0.15, 0.2) is 5.13 Å². The van der Waals surface area contributed by atoms with Crippen molar-refractivity contribution in [3.63, 3.8) is 0 Å². The Balaban J connectivity index is 1.92. The fraction of sp³-hybridized carbons (Fsp3) is 0.375. The van der Waals surface area contributed by atoms with Gasteiger partial charge in [-0.3, -0.25) is 4.79 Å². The summed E-state index contributed by atoms with van der Waals surface area (Å²) >= 11 is 1.29. The van der Waals surface area contributed by atoms with E-state index in [1.165, 1.54) is 42.9 Å². The first kappa shape index (κ1) is 18.6. The third-order valence-electron chi connectivity index (χ3n) is 3.97. The predicted molar refractivity (Wildman–Crippen MR) is 97.3 cm³/mol. The highest BCUT2D eigenvalue weighted by Gasteiger charge is 2.32. The van der Waals surface area contributed by atoms with E-state index in [9.17, 15) is 13.2 Å². The highest BCUT2D eigenvalue weighted by atomic mass is 32.2. The molecule has 0 radical (unpaired) electrons. The summed E-state index contributed by atoms with van der Waals surface area (Å²) in [5.41, 5.74) is 0.822. The van der Waals surface area contributed by atoms with Crippen LogP contribution in [0.5, 0.6) is 11.5 Å². The Morgan fingerprint density at radius 2 is 2.08 bits per heavy atom. The van der Waals surface area contributed by atoms with Crippen LogP contribution in [0.4, 0.5) is 5.13 Å². The molecule has 140 valence electrons. The monoisotopic (exact) mass is 397 g/mol. The molecule has 3 rings (SSSR count). The summed E-state index contributed by atoms with van der Waals surface area (Å²) in [6.45, 7) is 1.92. The van der Waals surface area contributed by atoms with E-state index in [2.05, 4.69) is 10.3 Å². The van der Waals surface area contributed by atoms with Gasteiger partial charge in [0.1, 0.15) is 16.4 Å². The van der Waals surface area contributed by atoms with Gasteiger partial charge in [-0.15, -0.1) is 11.3 Å². The Morgan fingerprint density at radius 1 is 1.31 bits per heavy atom. The maximum atomic E-state index is 13.1. The first-order chi connectivity index (χ1) is 12.3. The molecule has 0 atom stereocenters. The van der Waals surface area contributed by atoms with Crippen molar-refractivity contribution in [1.29, 1.82) is 0 Å². The van der Waals surface area contributed by atoms with E-state index in [1.54, 1.807) is 12.1 Å². The molecule has 8 nitrogen and oxygen atoms in total. The van der Waals surface area contributed by atoms with Crippen LogP contribution in [0.2, 0.25) is 0 Å². The SMILES string of the molecule is COc1ccc(OC)c(S(=O)(=O)N2CCc3nc(NC(C)=O)sc3C2)c1. The van der Waals surface area contributed by atoms with Crippen molar-refractivity contribution in [3.8, 4) is 11.5 Å². The molecule has 2 aromatic rings. The van der Waals surface area contributed by atoms with Crippen LogP contribution in [0.15, 0.2) is 23.1 Å². The molecule has 0 spiro atoms. The first-order valence-corrected chi connectivity index (χ1v) is 10.1. The summed E-state index contributed by atoms with van der Waals surface area (Å²) in [7, 11) is -0.867. The van der Waals surface area contributed by atoms with E-state index in [0.29, 0.717) is 23.8 Å². The van der Waals surface area contributed by atoms with Gasteiger partial charge in [-0.1, -0.05) is 0 Å². The highest BCUT2D eigenvalue weighted by molar-refractivity contribution is 7.89. The number of benzene rings is 1. The standard InChI is InChI=1S/C16H19N3O5S2/c1-10(20)17-16-18-12-6-7-19(9-14(12)25-16)26(21,22)15-8-11(23-2)4-5-13(15)24-3/h4-5,8H,6-7,9H2,1-3H3,(H,17,18,20). The van der Waals surface area contributed by atoms with Crippen LogP contribution in [0.3, 0.4) is 0 Å². The van der Waals surface area contributed by atoms with Gasteiger partial charge < -0.3 is 14.8 Å². The van der Waals surface area contributed by atoms with Gasteiger partial charge in [-0.05, 0) is 12.1 Å². The minimum Gasteiger partial charge on any atom is -0.497 e. The third kappa shape index (κ3) is 3.53. The lowest BCUT2D eigenvalue weighted by atomic mass is 10.2. The number of fused-ring (bicyclic) bond motifs is 1. The van der Waals surface area contributed by atoms with Gasteiger partial charge in [-0.25, -0.2) is 13.4 Å². The molecule has 0 fully saturated rings. The lowest BCUT2D eigenvalue weighted by Crippen LogP contribution is -2.35. The molecule has 0 unspecified atom stereocenters. The molecule has 26 heavy (non-hydrogen) atoms. The first-order valence-electron chi connectivity index (χ1n) is 7.83. The van der Waals surface area contributed by atoms with E-state index in [0.717, 1.165) is 10.6 Å². The van der Waals surface area contributed by atoms with Crippen LogP contribution in [-0.4, -0.2) is 44.4 Å². The Hall–Kier alpha value is -2.17. The summed E-state index contributed by atoms with van der Waals surface area (Å²) in [5, 5.41) is 3.13. The number of ether oxygens (including phenoxy) is 2. The van der Waals surface area contributed by atoms with Crippen LogP contribution in [0.25, 0.3) is 0 Å². The minimum absolute atomic E-state index is 0.0643. The van der Waals surface area contributed by atoms with Gasteiger partial charge in [0.25, 0.3) is 0 Å². The lowest BCUT2D eigenvalue weighted by Gasteiger charge is -2.26. The van der Waals surface area contributed by atoms with Gasteiger partial charge in [0, 0.05) is 30.8 Å². The van der Waals surface area contributed by atoms with Gasteiger partial charge in [0.05, 0.1) is 26.5 Å². The molecule has 1 amide bonds. The van der Waals surface area contributed by atoms with Crippen LogP contribution in [0, 0.1) is 0 Å². The molecule has 1 aromatic carbocycles. The van der Waals surface area contributed by atoms with Crippen molar-refractivity contribution < 1.29 is 22.7 Å². The predicted octanol–water partition coefficient (Wildman–Crippen LogP) is 1.87. The number of thiazole rings is 1. The number of nitrogens with one attached hydrogen (secondary N) is 1. The maximum absolute atomic E-state index is 13.1. The Morgan fingerprint density at radius 3 is 2.73 bits per heavy atom. The molecule has 0 bridgehead atoms. The largest absolute Gasteiger partial charge is 0.497 e. The van der Waals surface area contributed by atoms with Crippen molar-refractivity contribution in [2.24, 2.45) is 0 Å². The minimum atomic E-state index is -3.77. The summed E-state index contributed by atoms with van der Waals surface area (Å²) in [5.74, 6) is 0.495. The number of aromatic nitrogens is 1. The van der Waals surface area contributed by atoms with E-state index >= 15 is 0 Å². The quantitative estimate of drug-likeness (QED) is 0.827. The summed E-state index contributed by atoms with van der Waals surface area (Å²) in [4.78, 5) is 16.4. The lowest BCUT2D eigenvalue weighted by molar-refractivity contribution is -0.114. The normalized spacial score (nSPS) is 14.6.